The molecule has 1 N–H and O–H groups in total. The van der Waals surface area contributed by atoms with Crippen LogP contribution in [0.25, 0.3) is 0 Å². The second kappa shape index (κ2) is 5.85. The molecule has 0 spiro atoms. The normalized spacial score (nSPS) is 19.5. The summed E-state index contributed by atoms with van der Waals surface area (Å²) in [4.78, 5) is 0. The van der Waals surface area contributed by atoms with Gasteiger partial charge in [0.25, 0.3) is 0 Å². The Hall–Kier alpha value is -0.870. The molecular weight excluding hydrogens is 226 g/mol. The molecule has 2 rings (SSSR count). The quantitative estimate of drug-likeness (QED) is 0.809. The Morgan fingerprint density at radius 3 is 2.78 bits per heavy atom. The first kappa shape index (κ1) is 13.6. The van der Waals surface area contributed by atoms with E-state index < -0.39 is 0 Å². The third kappa shape index (κ3) is 2.93. The molecule has 1 saturated carbocycles. The van der Waals surface area contributed by atoms with Crippen LogP contribution in [0.15, 0.2) is 12.4 Å². The minimum absolute atomic E-state index is 0.0985. The van der Waals surface area contributed by atoms with Crippen molar-refractivity contribution < 1.29 is 4.74 Å². The number of hydrogen-bond donors (Lipinski definition) is 1. The van der Waals surface area contributed by atoms with Crippen LogP contribution in [0.5, 0.6) is 0 Å². The molecule has 0 saturated heterocycles. The smallest absolute Gasteiger partial charge is 0.0697 e. The summed E-state index contributed by atoms with van der Waals surface area (Å²) in [6.07, 6.45) is 9.94. The van der Waals surface area contributed by atoms with Crippen molar-refractivity contribution in [3.63, 3.8) is 0 Å². The lowest BCUT2D eigenvalue weighted by Crippen LogP contribution is -2.43. The topological polar surface area (TPSA) is 39.1 Å². The fourth-order valence-electron chi connectivity index (χ4n) is 2.68. The van der Waals surface area contributed by atoms with Gasteiger partial charge in [0.2, 0.25) is 0 Å². The Bertz CT molecular complexity index is 365. The number of rotatable bonds is 7. The fourth-order valence-corrected chi connectivity index (χ4v) is 2.68. The molecule has 0 aliphatic heterocycles. The van der Waals surface area contributed by atoms with Crippen LogP contribution in [0.1, 0.15) is 50.6 Å². The van der Waals surface area contributed by atoms with Crippen LogP contribution < -0.4 is 5.32 Å². The van der Waals surface area contributed by atoms with Gasteiger partial charge in [-0.05, 0) is 38.6 Å². The van der Waals surface area contributed by atoms with E-state index in [9.17, 15) is 0 Å². The molecule has 0 aromatic carbocycles. The summed E-state index contributed by atoms with van der Waals surface area (Å²) in [5.74, 6) is 0. The highest BCUT2D eigenvalue weighted by Gasteiger charge is 2.39. The number of ether oxygens (including phenoxy) is 1. The monoisotopic (exact) mass is 251 g/mol. The third-order valence-electron chi connectivity index (χ3n) is 4.04. The van der Waals surface area contributed by atoms with E-state index in [4.69, 9.17) is 4.74 Å². The molecule has 1 aromatic heterocycles. The molecule has 1 atom stereocenters. The van der Waals surface area contributed by atoms with Crippen molar-refractivity contribution in [2.24, 2.45) is 7.05 Å². The maximum atomic E-state index is 5.75. The van der Waals surface area contributed by atoms with Crippen molar-refractivity contribution in [2.75, 3.05) is 13.7 Å². The minimum atomic E-state index is 0.0985. The Labute approximate surface area is 110 Å². The summed E-state index contributed by atoms with van der Waals surface area (Å²) in [5, 5.41) is 7.91. The maximum absolute atomic E-state index is 5.75. The Morgan fingerprint density at radius 1 is 1.56 bits per heavy atom. The molecule has 1 aliphatic rings. The van der Waals surface area contributed by atoms with Crippen molar-refractivity contribution in [3.8, 4) is 0 Å². The second-order valence-electron chi connectivity index (χ2n) is 5.40. The Kier molecular flexibility index (Phi) is 4.40. The van der Waals surface area contributed by atoms with Gasteiger partial charge >= 0.3 is 0 Å². The van der Waals surface area contributed by atoms with Gasteiger partial charge in [0.05, 0.1) is 11.8 Å². The van der Waals surface area contributed by atoms with Gasteiger partial charge in [-0.25, -0.2) is 0 Å². The van der Waals surface area contributed by atoms with Crippen LogP contribution in [0, 0.1) is 0 Å². The van der Waals surface area contributed by atoms with Crippen molar-refractivity contribution >= 4 is 0 Å². The van der Waals surface area contributed by atoms with Crippen molar-refractivity contribution in [2.45, 2.75) is 50.7 Å². The molecule has 18 heavy (non-hydrogen) atoms. The van der Waals surface area contributed by atoms with Crippen LogP contribution in [-0.2, 0) is 11.8 Å². The molecule has 4 heteroatoms. The van der Waals surface area contributed by atoms with Gasteiger partial charge in [-0.1, -0.05) is 6.92 Å². The van der Waals surface area contributed by atoms with Crippen LogP contribution in [0.3, 0.4) is 0 Å². The molecule has 1 aromatic rings. The maximum Gasteiger partial charge on any atom is 0.0697 e. The highest BCUT2D eigenvalue weighted by molar-refractivity contribution is 5.12. The molecule has 0 amide bonds. The number of aryl methyl sites for hydroxylation is 1. The van der Waals surface area contributed by atoms with Crippen molar-refractivity contribution in [1.82, 2.24) is 15.1 Å². The first-order chi connectivity index (χ1) is 8.69. The van der Waals surface area contributed by atoms with Gasteiger partial charge in [0, 0.05) is 32.0 Å². The largest absolute Gasteiger partial charge is 0.378 e. The van der Waals surface area contributed by atoms with E-state index in [1.54, 1.807) is 0 Å². The number of methoxy groups -OCH3 is 1. The van der Waals surface area contributed by atoms with Gasteiger partial charge in [0.15, 0.2) is 0 Å². The van der Waals surface area contributed by atoms with Gasteiger partial charge in [0.1, 0.15) is 0 Å². The number of aromatic nitrogens is 2. The molecule has 102 valence electrons. The Balaban J connectivity index is 2.05. The van der Waals surface area contributed by atoms with E-state index in [2.05, 4.69) is 23.5 Å². The van der Waals surface area contributed by atoms with Gasteiger partial charge in [-0.2, -0.15) is 5.10 Å². The lowest BCUT2D eigenvalue weighted by atomic mass is 9.75. The van der Waals surface area contributed by atoms with E-state index in [1.807, 2.05) is 25.0 Å². The first-order valence-electron chi connectivity index (χ1n) is 6.96. The van der Waals surface area contributed by atoms with E-state index >= 15 is 0 Å². The fraction of sp³-hybridized carbons (Fsp3) is 0.786. The van der Waals surface area contributed by atoms with Gasteiger partial charge < -0.3 is 10.1 Å². The molecule has 1 heterocycles. The average molecular weight is 251 g/mol. The van der Waals surface area contributed by atoms with Gasteiger partial charge in [-0.3, -0.25) is 4.68 Å². The van der Waals surface area contributed by atoms with E-state index in [-0.39, 0.29) is 5.60 Å². The SMILES string of the molecule is CCCNC(CC1(OC)CCC1)c1cnn(C)c1. The molecule has 1 aliphatic carbocycles. The van der Waals surface area contributed by atoms with E-state index in [0.29, 0.717) is 6.04 Å². The summed E-state index contributed by atoms with van der Waals surface area (Å²) in [6, 6.07) is 0.360. The predicted octanol–water partition coefficient (Wildman–Crippen LogP) is 2.42. The number of hydrogen-bond acceptors (Lipinski definition) is 3. The van der Waals surface area contributed by atoms with Crippen LogP contribution >= 0.6 is 0 Å². The molecule has 4 nitrogen and oxygen atoms in total. The molecule has 1 fully saturated rings. The van der Waals surface area contributed by atoms with Crippen LogP contribution in [0.4, 0.5) is 0 Å². The molecule has 0 bridgehead atoms. The lowest BCUT2D eigenvalue weighted by molar-refractivity contribution is -0.0838. The summed E-state index contributed by atoms with van der Waals surface area (Å²) >= 11 is 0. The summed E-state index contributed by atoms with van der Waals surface area (Å²) < 4.78 is 7.62. The van der Waals surface area contributed by atoms with Crippen molar-refractivity contribution in [3.05, 3.63) is 18.0 Å². The Morgan fingerprint density at radius 2 is 2.33 bits per heavy atom. The van der Waals surface area contributed by atoms with Crippen LogP contribution in [-0.4, -0.2) is 29.0 Å². The van der Waals surface area contributed by atoms with E-state index in [1.165, 1.54) is 24.8 Å². The van der Waals surface area contributed by atoms with Crippen molar-refractivity contribution in [1.29, 1.82) is 0 Å². The number of nitrogens with one attached hydrogen (secondary N) is 1. The summed E-state index contributed by atoms with van der Waals surface area (Å²) in [6.45, 7) is 3.24. The summed E-state index contributed by atoms with van der Waals surface area (Å²) in [5.41, 5.74) is 1.37. The average Bonchev–Trinajstić information content (AvgIpc) is 2.74. The highest BCUT2D eigenvalue weighted by Crippen LogP contribution is 2.41. The molecule has 0 radical (unpaired) electrons. The van der Waals surface area contributed by atoms with Crippen LogP contribution in [0.2, 0.25) is 0 Å². The zero-order chi connectivity index (χ0) is 13.0. The van der Waals surface area contributed by atoms with E-state index in [0.717, 1.165) is 19.4 Å². The minimum Gasteiger partial charge on any atom is -0.378 e. The molecular formula is C14H25N3O. The predicted molar refractivity (Wildman–Crippen MR) is 72.5 cm³/mol. The zero-order valence-corrected chi connectivity index (χ0v) is 11.8. The first-order valence-corrected chi connectivity index (χ1v) is 6.96. The third-order valence-corrected chi connectivity index (χ3v) is 4.04. The molecule has 1 unspecified atom stereocenters. The number of nitrogens with zero attached hydrogens (tertiary/aromatic N) is 2. The zero-order valence-electron chi connectivity index (χ0n) is 11.8. The highest BCUT2D eigenvalue weighted by atomic mass is 16.5. The second-order valence-corrected chi connectivity index (χ2v) is 5.40. The lowest BCUT2D eigenvalue weighted by Gasteiger charge is -2.42. The summed E-state index contributed by atoms with van der Waals surface area (Å²) in [7, 11) is 3.81. The van der Waals surface area contributed by atoms with Gasteiger partial charge in [-0.15, -0.1) is 0 Å². The standard InChI is InChI=1S/C14H25N3O/c1-4-8-15-13(12-10-16-17(2)11-12)9-14(18-3)6-5-7-14/h10-11,13,15H,4-9H2,1-3H3.